The molecular weight excluding hydrogens is 520 g/mol. The molecule has 0 saturated carbocycles. The van der Waals surface area contributed by atoms with Crippen molar-refractivity contribution in [1.82, 2.24) is 10.6 Å². The lowest BCUT2D eigenvalue weighted by atomic mass is 9.89. The van der Waals surface area contributed by atoms with Crippen LogP contribution in [0.4, 0.5) is 0 Å². The van der Waals surface area contributed by atoms with Gasteiger partial charge in [0, 0.05) is 25.5 Å². The van der Waals surface area contributed by atoms with Gasteiger partial charge in [-0.2, -0.15) is 11.8 Å². The topological polar surface area (TPSA) is 137 Å². The third kappa shape index (κ3) is 9.02. The number of hydrogen-bond donors (Lipinski definition) is 5. The first-order chi connectivity index (χ1) is 18.8. The largest absolute Gasteiger partial charge is 0.391 e. The molecule has 1 fully saturated rings. The fourth-order valence-corrected chi connectivity index (χ4v) is 5.22. The van der Waals surface area contributed by atoms with E-state index < -0.39 is 36.7 Å². The summed E-state index contributed by atoms with van der Waals surface area (Å²) >= 11 is 1.77. The minimum Gasteiger partial charge on any atom is -0.391 e. The van der Waals surface area contributed by atoms with Crippen LogP contribution in [0, 0.1) is 0 Å². The van der Waals surface area contributed by atoms with Crippen LogP contribution in [0.3, 0.4) is 0 Å². The molecular formula is C29H40N2O7S. The Kier molecular flexibility index (Phi) is 12.2. The number of aliphatic hydroxyl groups is 3. The molecule has 1 heterocycles. The number of nitrogens with one attached hydrogen (secondary N) is 2. The molecule has 1 saturated heterocycles. The van der Waals surface area contributed by atoms with Gasteiger partial charge in [0.05, 0.1) is 31.5 Å². The molecule has 0 aliphatic carbocycles. The predicted molar refractivity (Wildman–Crippen MR) is 151 cm³/mol. The summed E-state index contributed by atoms with van der Waals surface area (Å²) in [5.41, 5.74) is 2.54. The number of amides is 2. The highest BCUT2D eigenvalue weighted by molar-refractivity contribution is 7.99. The molecule has 2 amide bonds. The summed E-state index contributed by atoms with van der Waals surface area (Å²) in [6, 6.07) is 16.2. The van der Waals surface area contributed by atoms with Crippen LogP contribution in [-0.4, -0.2) is 88.5 Å². The zero-order valence-electron chi connectivity index (χ0n) is 22.5. The Morgan fingerprint density at radius 2 is 1.85 bits per heavy atom. The van der Waals surface area contributed by atoms with Gasteiger partial charge in [-0.25, -0.2) is 0 Å². The summed E-state index contributed by atoms with van der Waals surface area (Å²) in [6.45, 7) is 3.31. The Morgan fingerprint density at radius 1 is 1.15 bits per heavy atom. The molecule has 9 nitrogen and oxygen atoms in total. The summed E-state index contributed by atoms with van der Waals surface area (Å²) in [4.78, 5) is 24.5. The van der Waals surface area contributed by atoms with Crippen LogP contribution in [0.5, 0.6) is 0 Å². The van der Waals surface area contributed by atoms with Crippen LogP contribution in [0.15, 0.2) is 54.6 Å². The predicted octanol–water partition coefficient (Wildman–Crippen LogP) is 2.34. The van der Waals surface area contributed by atoms with Gasteiger partial charge < -0.3 is 35.4 Å². The third-order valence-corrected chi connectivity index (χ3v) is 7.60. The van der Waals surface area contributed by atoms with Crippen molar-refractivity contribution in [3.63, 3.8) is 0 Å². The van der Waals surface area contributed by atoms with Crippen LogP contribution in [-0.2, 0) is 14.3 Å². The molecule has 214 valence electrons. The van der Waals surface area contributed by atoms with Crippen molar-refractivity contribution in [3.05, 3.63) is 60.2 Å². The van der Waals surface area contributed by atoms with E-state index in [0.717, 1.165) is 29.1 Å². The first-order valence-corrected chi connectivity index (χ1v) is 14.5. The maximum absolute atomic E-state index is 12.7. The van der Waals surface area contributed by atoms with E-state index in [9.17, 15) is 24.9 Å². The summed E-state index contributed by atoms with van der Waals surface area (Å²) in [5.74, 6) is -0.303. The number of benzene rings is 2. The van der Waals surface area contributed by atoms with Gasteiger partial charge in [0.15, 0.2) is 5.79 Å². The van der Waals surface area contributed by atoms with Gasteiger partial charge >= 0.3 is 0 Å². The van der Waals surface area contributed by atoms with Gasteiger partial charge in [-0.05, 0) is 47.6 Å². The average Bonchev–Trinajstić information content (AvgIpc) is 2.94. The highest BCUT2D eigenvalue weighted by atomic mass is 32.2. The van der Waals surface area contributed by atoms with E-state index >= 15 is 0 Å². The van der Waals surface area contributed by atoms with E-state index in [4.69, 9.17) is 9.47 Å². The first-order valence-electron chi connectivity index (χ1n) is 13.4. The molecule has 39 heavy (non-hydrogen) atoms. The lowest BCUT2D eigenvalue weighted by molar-refractivity contribution is -0.325. The fraction of sp³-hybridized carbons (Fsp3) is 0.517. The number of carbonyl (C=O) groups is 2. The third-order valence-electron chi connectivity index (χ3n) is 6.61. The van der Waals surface area contributed by atoms with Crippen LogP contribution in [0.1, 0.15) is 43.5 Å². The second-order valence-corrected chi connectivity index (χ2v) is 11.0. The van der Waals surface area contributed by atoms with Gasteiger partial charge in [0.25, 0.3) is 5.91 Å². The van der Waals surface area contributed by atoms with E-state index in [0.29, 0.717) is 12.2 Å². The lowest BCUT2D eigenvalue weighted by Crippen LogP contribution is -2.65. The average molecular weight is 561 g/mol. The molecule has 10 heteroatoms. The van der Waals surface area contributed by atoms with Gasteiger partial charge in [0.2, 0.25) is 5.91 Å². The van der Waals surface area contributed by atoms with Crippen molar-refractivity contribution in [3.8, 4) is 11.1 Å². The Hall–Kier alpha value is -2.47. The summed E-state index contributed by atoms with van der Waals surface area (Å²) < 4.78 is 11.9. The molecule has 1 aliphatic heterocycles. The van der Waals surface area contributed by atoms with E-state index in [1.54, 1.807) is 23.9 Å². The monoisotopic (exact) mass is 560 g/mol. The van der Waals surface area contributed by atoms with Crippen LogP contribution in [0.2, 0.25) is 0 Å². The smallest absolute Gasteiger partial charge is 0.251 e. The molecule has 0 radical (unpaired) electrons. The van der Waals surface area contributed by atoms with E-state index in [-0.39, 0.29) is 31.2 Å². The van der Waals surface area contributed by atoms with Gasteiger partial charge in [0.1, 0.15) is 6.10 Å². The maximum Gasteiger partial charge on any atom is 0.251 e. The lowest BCUT2D eigenvalue weighted by Gasteiger charge is -2.47. The molecule has 0 bridgehead atoms. The molecule has 2 aromatic carbocycles. The number of ether oxygens (including phenoxy) is 2. The first kappa shape index (κ1) is 31.1. The van der Waals surface area contributed by atoms with Crippen molar-refractivity contribution in [2.24, 2.45) is 0 Å². The second-order valence-electron chi connectivity index (χ2n) is 9.60. The fourth-order valence-electron chi connectivity index (χ4n) is 4.61. The highest BCUT2D eigenvalue weighted by Crippen LogP contribution is 2.33. The van der Waals surface area contributed by atoms with Crippen LogP contribution < -0.4 is 10.6 Å². The summed E-state index contributed by atoms with van der Waals surface area (Å²) in [6.07, 6.45) is -2.57. The molecule has 1 aliphatic rings. The van der Waals surface area contributed by atoms with Crippen molar-refractivity contribution >= 4 is 23.6 Å². The quantitative estimate of drug-likeness (QED) is 0.222. The van der Waals surface area contributed by atoms with E-state index in [1.807, 2.05) is 42.5 Å². The highest BCUT2D eigenvalue weighted by Gasteiger charge is 2.50. The van der Waals surface area contributed by atoms with E-state index in [2.05, 4.69) is 17.6 Å². The standard InChI is InChI=1S/C29H40N2O7S/c1-3-39-17-7-16-37-29(19-32)18-25(35)26(31-20(2)33)27(38-29)24(34)14-15-30-28(36)23-12-10-22(11-13-23)21-8-5-4-6-9-21/h4-6,8-13,24-27,32,34-35H,3,7,14-19H2,1-2H3,(H,30,36)(H,31,33)/t24-,25+,26-,27?,29-/m1/s1. The number of thioether (sulfide) groups is 1. The van der Waals surface area contributed by atoms with Gasteiger partial charge in [-0.1, -0.05) is 49.4 Å². The van der Waals surface area contributed by atoms with Gasteiger partial charge in [-0.15, -0.1) is 0 Å². The SMILES string of the molecule is CCSCCCO[C@]1(CO)C[C@H](O)[C@@H](NC(C)=O)C([C@H](O)CCNC(=O)c2ccc(-c3ccccc3)cc2)O1. The number of carbonyl (C=O) groups excluding carboxylic acids is 2. The zero-order chi connectivity index (χ0) is 28.3. The molecule has 5 N–H and O–H groups in total. The Balaban J connectivity index is 1.59. The Bertz CT molecular complexity index is 1040. The van der Waals surface area contributed by atoms with Gasteiger partial charge in [-0.3, -0.25) is 9.59 Å². The molecule has 0 aromatic heterocycles. The van der Waals surface area contributed by atoms with Crippen molar-refractivity contribution in [2.45, 2.75) is 63.3 Å². The zero-order valence-corrected chi connectivity index (χ0v) is 23.4. The maximum atomic E-state index is 12.7. The van der Waals surface area contributed by atoms with Crippen molar-refractivity contribution in [2.75, 3.05) is 31.3 Å². The molecule has 0 spiro atoms. The van der Waals surface area contributed by atoms with E-state index in [1.165, 1.54) is 6.92 Å². The molecule has 1 unspecified atom stereocenters. The molecule has 2 aromatic rings. The normalized spacial score (nSPS) is 23.7. The number of aliphatic hydroxyl groups excluding tert-OH is 3. The Labute approximate surface area is 234 Å². The summed E-state index contributed by atoms with van der Waals surface area (Å²) in [5, 5.41) is 37.4. The Morgan fingerprint density at radius 3 is 2.49 bits per heavy atom. The van der Waals surface area contributed by atoms with Crippen LogP contribution >= 0.6 is 11.8 Å². The minimum atomic E-state index is -1.50. The second kappa shape index (κ2) is 15.4. The van der Waals surface area contributed by atoms with Crippen molar-refractivity contribution in [1.29, 1.82) is 0 Å². The number of hydrogen-bond acceptors (Lipinski definition) is 8. The van der Waals surface area contributed by atoms with Crippen molar-refractivity contribution < 1.29 is 34.4 Å². The minimum absolute atomic E-state index is 0.0612. The van der Waals surface area contributed by atoms with Crippen LogP contribution in [0.25, 0.3) is 11.1 Å². The summed E-state index contributed by atoms with van der Waals surface area (Å²) in [7, 11) is 0. The molecule has 3 rings (SSSR count). The molecule has 5 atom stereocenters. The number of rotatable bonds is 14.